The number of ether oxygens (including phenoxy) is 1. The highest BCUT2D eigenvalue weighted by Gasteiger charge is 2.22. The van der Waals surface area contributed by atoms with Crippen LogP contribution in [0.3, 0.4) is 0 Å². The van der Waals surface area contributed by atoms with Gasteiger partial charge in [-0.05, 0) is 85.5 Å². The zero-order valence-corrected chi connectivity index (χ0v) is 38.3. The van der Waals surface area contributed by atoms with Crippen molar-refractivity contribution in [2.45, 2.75) is 71.3 Å². The number of benzene rings is 5. The van der Waals surface area contributed by atoms with E-state index in [2.05, 4.69) is 44.4 Å². The van der Waals surface area contributed by atoms with Crippen molar-refractivity contribution in [2.24, 2.45) is 0 Å². The van der Waals surface area contributed by atoms with Gasteiger partial charge >= 0.3 is 5.97 Å². The summed E-state index contributed by atoms with van der Waals surface area (Å²) in [5, 5.41) is 18.0. The number of aryl methyl sites for hydroxylation is 4. The first-order valence-corrected chi connectivity index (χ1v) is 22.8. The minimum absolute atomic E-state index is 0.000260. The molecule has 344 valence electrons. The standard InChI is InChI=1S/C30H29N3O3.C26H24N2O4/c1-3-28-32-33-30(36-28)26(23-10-6-4-7-11-23)20-22-14-16-25(17-15-22)34-19-18-27-21(2)35-29(31-27)24-12-8-5-9-13-24;1-18-22(27-25(32-18)21-7-3-2-4-8-21)13-14-24(29)20-11-9-19(10-12-20)17-23(26(30)31)28-15-5-6-16-28/h4-17,26H,3,18-20H2,1-2H3;2-12,15-16,23H,13-14,17H2,1H3,(H,30,31). The van der Waals surface area contributed by atoms with E-state index < -0.39 is 12.0 Å². The summed E-state index contributed by atoms with van der Waals surface area (Å²) < 4.78 is 25.2. The Morgan fingerprint density at radius 2 is 1.18 bits per heavy atom. The first-order chi connectivity index (χ1) is 33.2. The SMILES string of the molecule is CCc1nnc(C(Cc2ccc(OCCc3nc(-c4ccccc4)oc3C)cc2)c2ccccc2)o1.Cc1oc(-c2ccccc2)nc1CCC(=O)c1ccc(CC(C(=O)O)n2cccc2)cc1. The number of carboxylic acids is 1. The van der Waals surface area contributed by atoms with Gasteiger partial charge in [-0.2, -0.15) is 0 Å². The maximum atomic E-state index is 12.7. The molecule has 4 heterocycles. The second-order valence-corrected chi connectivity index (χ2v) is 16.4. The summed E-state index contributed by atoms with van der Waals surface area (Å²) in [6.45, 7) is 6.34. The van der Waals surface area contributed by atoms with Crippen LogP contribution in [0.2, 0.25) is 0 Å². The predicted molar refractivity (Wildman–Crippen MR) is 259 cm³/mol. The number of hydrogen-bond acceptors (Lipinski definition) is 10. The Balaban J connectivity index is 0.000000185. The summed E-state index contributed by atoms with van der Waals surface area (Å²) in [6, 6.07) is 48.2. The van der Waals surface area contributed by atoms with Crippen molar-refractivity contribution in [1.29, 1.82) is 0 Å². The maximum absolute atomic E-state index is 12.7. The van der Waals surface area contributed by atoms with Gasteiger partial charge in [0, 0.05) is 61.2 Å². The fourth-order valence-electron chi connectivity index (χ4n) is 7.84. The predicted octanol–water partition coefficient (Wildman–Crippen LogP) is 11.7. The summed E-state index contributed by atoms with van der Waals surface area (Å²) in [5.41, 5.74) is 7.38. The third-order valence-electron chi connectivity index (χ3n) is 11.6. The minimum Gasteiger partial charge on any atom is -0.493 e. The van der Waals surface area contributed by atoms with E-state index in [1.165, 1.54) is 5.56 Å². The molecule has 2 unspecified atom stereocenters. The van der Waals surface area contributed by atoms with Crippen LogP contribution in [0.1, 0.15) is 87.0 Å². The Bertz CT molecular complexity index is 2980. The Hall–Kier alpha value is -8.12. The molecule has 0 bridgehead atoms. The molecule has 12 heteroatoms. The molecule has 0 radical (unpaired) electrons. The number of Topliss-reactive ketones (excluding diaryl/α,β-unsaturated/α-hetero) is 1. The summed E-state index contributed by atoms with van der Waals surface area (Å²) in [6.07, 6.45) is 6.81. The van der Waals surface area contributed by atoms with Gasteiger partial charge in [-0.3, -0.25) is 4.79 Å². The monoisotopic (exact) mass is 907 g/mol. The molecule has 0 fully saturated rings. The van der Waals surface area contributed by atoms with E-state index in [4.69, 9.17) is 18.0 Å². The van der Waals surface area contributed by atoms with Crippen LogP contribution in [0, 0.1) is 13.8 Å². The highest BCUT2D eigenvalue weighted by Crippen LogP contribution is 2.29. The van der Waals surface area contributed by atoms with Crippen molar-refractivity contribution in [3.05, 3.63) is 221 Å². The van der Waals surface area contributed by atoms with Crippen LogP contribution in [0.15, 0.2) is 177 Å². The quantitative estimate of drug-likeness (QED) is 0.0769. The lowest BCUT2D eigenvalue weighted by Crippen LogP contribution is -2.20. The van der Waals surface area contributed by atoms with Gasteiger partial charge in [-0.1, -0.05) is 110 Å². The van der Waals surface area contributed by atoms with Crippen LogP contribution < -0.4 is 4.74 Å². The third kappa shape index (κ3) is 12.0. The van der Waals surface area contributed by atoms with Gasteiger partial charge in [0.25, 0.3) is 0 Å². The average molecular weight is 908 g/mol. The lowest BCUT2D eigenvalue weighted by atomic mass is 9.92. The summed E-state index contributed by atoms with van der Waals surface area (Å²) in [7, 11) is 0. The largest absolute Gasteiger partial charge is 0.493 e. The molecule has 0 aliphatic carbocycles. The van der Waals surface area contributed by atoms with Crippen LogP contribution in [0.5, 0.6) is 5.75 Å². The number of rotatable bonds is 19. The fourth-order valence-corrected chi connectivity index (χ4v) is 7.84. The van der Waals surface area contributed by atoms with Crippen LogP contribution in [-0.4, -0.2) is 48.2 Å². The van der Waals surface area contributed by atoms with Crippen LogP contribution >= 0.6 is 0 Å². The van der Waals surface area contributed by atoms with E-state index in [1.807, 2.05) is 124 Å². The number of nitrogens with zero attached hydrogens (tertiary/aromatic N) is 5. The Kier molecular flexibility index (Phi) is 15.3. The number of carbonyl (C=O) groups is 2. The number of ketones is 1. The normalized spacial score (nSPS) is 11.9. The van der Waals surface area contributed by atoms with E-state index in [9.17, 15) is 14.7 Å². The first-order valence-electron chi connectivity index (χ1n) is 22.8. The number of carbonyl (C=O) groups excluding carboxylic acids is 1. The first kappa shape index (κ1) is 46.4. The lowest BCUT2D eigenvalue weighted by Gasteiger charge is -2.14. The van der Waals surface area contributed by atoms with Crippen molar-refractivity contribution in [2.75, 3.05) is 6.61 Å². The molecule has 9 aromatic rings. The van der Waals surface area contributed by atoms with Gasteiger partial charge in [0.05, 0.1) is 23.9 Å². The third-order valence-corrected chi connectivity index (χ3v) is 11.6. The molecule has 9 rings (SSSR count). The van der Waals surface area contributed by atoms with Crippen molar-refractivity contribution < 1.29 is 32.7 Å². The summed E-state index contributed by atoms with van der Waals surface area (Å²) in [4.78, 5) is 33.5. The second kappa shape index (κ2) is 22.4. The van der Waals surface area contributed by atoms with Crippen molar-refractivity contribution in [3.8, 4) is 28.7 Å². The van der Waals surface area contributed by atoms with E-state index >= 15 is 0 Å². The minimum atomic E-state index is -0.890. The van der Waals surface area contributed by atoms with Crippen LogP contribution in [-0.2, 0) is 36.9 Å². The fraction of sp³-hybridized carbons (Fsp3) is 0.214. The molecule has 2 atom stereocenters. The zero-order chi connectivity index (χ0) is 47.2. The molecule has 0 aliphatic heterocycles. The molecule has 12 nitrogen and oxygen atoms in total. The van der Waals surface area contributed by atoms with Gasteiger partial charge in [0.1, 0.15) is 23.3 Å². The molecule has 0 saturated carbocycles. The van der Waals surface area contributed by atoms with E-state index in [0.717, 1.165) is 63.8 Å². The Morgan fingerprint density at radius 3 is 1.74 bits per heavy atom. The van der Waals surface area contributed by atoms with Crippen molar-refractivity contribution in [3.63, 3.8) is 0 Å². The summed E-state index contributed by atoms with van der Waals surface area (Å²) in [5.74, 6) is 4.01. The highest BCUT2D eigenvalue weighted by molar-refractivity contribution is 5.96. The zero-order valence-electron chi connectivity index (χ0n) is 38.3. The smallest absolute Gasteiger partial charge is 0.327 e. The van der Waals surface area contributed by atoms with Crippen molar-refractivity contribution in [1.82, 2.24) is 24.7 Å². The summed E-state index contributed by atoms with van der Waals surface area (Å²) >= 11 is 0. The van der Waals surface area contributed by atoms with Gasteiger partial charge in [-0.25, -0.2) is 14.8 Å². The number of carboxylic acid groups (broad SMARTS) is 1. The maximum Gasteiger partial charge on any atom is 0.327 e. The average Bonchev–Trinajstić information content (AvgIpc) is 4.22. The molecule has 68 heavy (non-hydrogen) atoms. The van der Waals surface area contributed by atoms with Crippen LogP contribution in [0.4, 0.5) is 0 Å². The number of aliphatic carboxylic acids is 1. The van der Waals surface area contributed by atoms with Gasteiger partial charge in [0.2, 0.25) is 23.6 Å². The Labute approximate surface area is 395 Å². The highest BCUT2D eigenvalue weighted by atomic mass is 16.5. The Morgan fingerprint density at radius 1 is 0.632 bits per heavy atom. The van der Waals surface area contributed by atoms with Gasteiger partial charge < -0.3 is 27.7 Å². The van der Waals surface area contributed by atoms with E-state index in [0.29, 0.717) is 61.4 Å². The van der Waals surface area contributed by atoms with Crippen molar-refractivity contribution >= 4 is 11.8 Å². The van der Waals surface area contributed by atoms with Gasteiger partial charge in [-0.15, -0.1) is 10.2 Å². The molecular formula is C56H53N5O7. The van der Waals surface area contributed by atoms with E-state index in [1.54, 1.807) is 41.2 Å². The molecule has 0 amide bonds. The molecule has 1 N–H and O–H groups in total. The number of aromatic nitrogens is 5. The van der Waals surface area contributed by atoms with Gasteiger partial charge in [0.15, 0.2) is 5.78 Å². The second-order valence-electron chi connectivity index (χ2n) is 16.4. The number of oxazole rings is 2. The molecule has 0 spiro atoms. The molecule has 5 aromatic carbocycles. The van der Waals surface area contributed by atoms with Crippen LogP contribution in [0.25, 0.3) is 22.9 Å². The topological polar surface area (TPSA) is 160 Å². The number of hydrogen-bond donors (Lipinski definition) is 1. The molecule has 0 aliphatic rings. The van der Waals surface area contributed by atoms with E-state index in [-0.39, 0.29) is 11.7 Å². The molecule has 0 saturated heterocycles. The molecule has 4 aromatic heterocycles. The molecular weight excluding hydrogens is 855 g/mol. The lowest BCUT2D eigenvalue weighted by molar-refractivity contribution is -0.140.